The molecule has 114 valence electrons. The summed E-state index contributed by atoms with van der Waals surface area (Å²) in [5.74, 6) is -1.04. The van der Waals surface area contributed by atoms with E-state index in [4.69, 9.17) is 5.11 Å². The highest BCUT2D eigenvalue weighted by atomic mass is 16.6. The summed E-state index contributed by atoms with van der Waals surface area (Å²) in [7, 11) is 0. The van der Waals surface area contributed by atoms with Crippen LogP contribution in [-0.4, -0.2) is 46.7 Å². The van der Waals surface area contributed by atoms with Crippen molar-refractivity contribution in [2.45, 2.75) is 25.8 Å². The van der Waals surface area contributed by atoms with Crippen LogP contribution in [-0.2, 0) is 0 Å². The number of carboxylic acids is 1. The number of anilines is 1. The maximum Gasteiger partial charge on any atom is 0.354 e. The molecule has 2 heterocycles. The summed E-state index contributed by atoms with van der Waals surface area (Å²) in [6, 6.07) is 2.52. The molecule has 1 aromatic heterocycles. The van der Waals surface area contributed by atoms with Crippen molar-refractivity contribution in [3.8, 4) is 0 Å². The highest BCUT2D eigenvalue weighted by Crippen LogP contribution is 2.29. The molecule has 1 aliphatic rings. The molecule has 0 unspecified atom stereocenters. The lowest BCUT2D eigenvalue weighted by atomic mass is 10.0. The molecule has 0 saturated carbocycles. The predicted octanol–water partition coefficient (Wildman–Crippen LogP) is 1.27. The van der Waals surface area contributed by atoms with Crippen LogP contribution in [0.1, 0.15) is 30.3 Å². The SMILES string of the molecule is CCN(c1nc(C(=O)O)ccc1[N+](=O)[O-])C1CCNCC1. The van der Waals surface area contributed by atoms with Gasteiger partial charge in [0.15, 0.2) is 5.69 Å². The van der Waals surface area contributed by atoms with Gasteiger partial charge in [0.1, 0.15) is 0 Å². The number of nitrogens with zero attached hydrogens (tertiary/aromatic N) is 3. The highest BCUT2D eigenvalue weighted by molar-refractivity contribution is 5.86. The molecule has 8 nitrogen and oxygen atoms in total. The van der Waals surface area contributed by atoms with Crippen molar-refractivity contribution in [2.75, 3.05) is 24.5 Å². The molecule has 2 N–H and O–H groups in total. The van der Waals surface area contributed by atoms with Gasteiger partial charge in [-0.3, -0.25) is 10.1 Å². The quantitative estimate of drug-likeness (QED) is 0.621. The Morgan fingerprint density at radius 1 is 1.52 bits per heavy atom. The summed E-state index contributed by atoms with van der Waals surface area (Å²) in [5, 5.41) is 23.5. The monoisotopic (exact) mass is 294 g/mol. The van der Waals surface area contributed by atoms with E-state index >= 15 is 0 Å². The second kappa shape index (κ2) is 6.49. The molecule has 1 saturated heterocycles. The highest BCUT2D eigenvalue weighted by Gasteiger charge is 2.28. The number of pyridine rings is 1. The third-order valence-electron chi connectivity index (χ3n) is 3.63. The number of carbonyl (C=O) groups is 1. The largest absolute Gasteiger partial charge is 0.477 e. The molecular weight excluding hydrogens is 276 g/mol. The Kier molecular flexibility index (Phi) is 4.69. The molecule has 1 fully saturated rings. The van der Waals surface area contributed by atoms with Crippen LogP contribution < -0.4 is 10.2 Å². The van der Waals surface area contributed by atoms with E-state index in [0.717, 1.165) is 25.9 Å². The van der Waals surface area contributed by atoms with Crippen LogP contribution in [0.25, 0.3) is 0 Å². The van der Waals surface area contributed by atoms with Gasteiger partial charge in [-0.2, -0.15) is 0 Å². The van der Waals surface area contributed by atoms with Gasteiger partial charge in [0.2, 0.25) is 5.82 Å². The van der Waals surface area contributed by atoms with Crippen molar-refractivity contribution >= 4 is 17.5 Å². The summed E-state index contributed by atoms with van der Waals surface area (Å²) in [6.07, 6.45) is 1.70. The summed E-state index contributed by atoms with van der Waals surface area (Å²) in [6.45, 7) is 4.11. The number of carboxylic acid groups (broad SMARTS) is 1. The Labute approximate surface area is 121 Å². The summed E-state index contributed by atoms with van der Waals surface area (Å²) in [5.41, 5.74) is -0.330. The first-order chi connectivity index (χ1) is 10.0. The molecule has 0 aromatic carbocycles. The first-order valence-electron chi connectivity index (χ1n) is 6.90. The number of nitrogens with one attached hydrogen (secondary N) is 1. The second-order valence-electron chi connectivity index (χ2n) is 4.87. The van der Waals surface area contributed by atoms with Gasteiger partial charge in [-0.15, -0.1) is 0 Å². The fourth-order valence-electron chi connectivity index (χ4n) is 2.61. The zero-order valence-corrected chi connectivity index (χ0v) is 11.8. The van der Waals surface area contributed by atoms with E-state index in [1.807, 2.05) is 11.8 Å². The first-order valence-corrected chi connectivity index (χ1v) is 6.90. The topological polar surface area (TPSA) is 109 Å². The maximum atomic E-state index is 11.2. The Hall–Kier alpha value is -2.22. The van der Waals surface area contributed by atoms with E-state index in [1.165, 1.54) is 12.1 Å². The molecular formula is C13H18N4O4. The molecule has 0 aliphatic carbocycles. The number of hydrogen-bond donors (Lipinski definition) is 2. The molecule has 0 spiro atoms. The molecule has 8 heteroatoms. The lowest BCUT2D eigenvalue weighted by Gasteiger charge is -2.34. The second-order valence-corrected chi connectivity index (χ2v) is 4.87. The van der Waals surface area contributed by atoms with Gasteiger partial charge in [0, 0.05) is 18.7 Å². The fraction of sp³-hybridized carbons (Fsp3) is 0.538. The van der Waals surface area contributed by atoms with Crippen LogP contribution in [0.4, 0.5) is 11.5 Å². The van der Waals surface area contributed by atoms with Gasteiger partial charge in [-0.25, -0.2) is 9.78 Å². The number of hydrogen-bond acceptors (Lipinski definition) is 6. The molecule has 1 aromatic rings. The van der Waals surface area contributed by atoms with Gasteiger partial charge in [-0.05, 0) is 38.9 Å². The van der Waals surface area contributed by atoms with E-state index in [-0.39, 0.29) is 23.2 Å². The fourth-order valence-corrected chi connectivity index (χ4v) is 2.61. The number of piperidine rings is 1. The zero-order valence-electron chi connectivity index (χ0n) is 11.8. The maximum absolute atomic E-state index is 11.2. The van der Waals surface area contributed by atoms with Crippen molar-refractivity contribution in [3.05, 3.63) is 27.9 Å². The van der Waals surface area contributed by atoms with Crippen molar-refractivity contribution in [1.29, 1.82) is 0 Å². The van der Waals surface area contributed by atoms with Crippen LogP contribution in [0.5, 0.6) is 0 Å². The molecule has 1 aliphatic heterocycles. The van der Waals surface area contributed by atoms with E-state index in [9.17, 15) is 14.9 Å². The minimum atomic E-state index is -1.19. The van der Waals surface area contributed by atoms with Crippen molar-refractivity contribution in [1.82, 2.24) is 10.3 Å². The lowest BCUT2D eigenvalue weighted by Crippen LogP contribution is -2.43. The van der Waals surface area contributed by atoms with Crippen LogP contribution in [0.15, 0.2) is 12.1 Å². The molecule has 0 atom stereocenters. The molecule has 0 bridgehead atoms. The Morgan fingerprint density at radius 3 is 2.71 bits per heavy atom. The van der Waals surface area contributed by atoms with E-state index < -0.39 is 10.9 Å². The number of nitro groups is 1. The minimum absolute atomic E-state index is 0.131. The van der Waals surface area contributed by atoms with Gasteiger partial charge in [-0.1, -0.05) is 0 Å². The summed E-state index contributed by atoms with van der Waals surface area (Å²) < 4.78 is 0. The normalized spacial score (nSPS) is 15.7. The van der Waals surface area contributed by atoms with Gasteiger partial charge in [0.25, 0.3) is 0 Å². The summed E-state index contributed by atoms with van der Waals surface area (Å²) in [4.78, 5) is 27.6. The average Bonchev–Trinajstić information content (AvgIpc) is 2.48. The molecule has 2 rings (SSSR count). The van der Waals surface area contributed by atoms with Crippen LogP contribution in [0, 0.1) is 10.1 Å². The smallest absolute Gasteiger partial charge is 0.354 e. The van der Waals surface area contributed by atoms with Gasteiger partial charge < -0.3 is 15.3 Å². The average molecular weight is 294 g/mol. The number of aromatic nitrogens is 1. The van der Waals surface area contributed by atoms with Crippen LogP contribution in [0.2, 0.25) is 0 Å². The summed E-state index contributed by atoms with van der Waals surface area (Å²) >= 11 is 0. The van der Waals surface area contributed by atoms with E-state index in [0.29, 0.717) is 6.54 Å². The van der Waals surface area contributed by atoms with E-state index in [2.05, 4.69) is 10.3 Å². The van der Waals surface area contributed by atoms with E-state index in [1.54, 1.807) is 0 Å². The predicted molar refractivity (Wildman–Crippen MR) is 76.8 cm³/mol. The van der Waals surface area contributed by atoms with Crippen molar-refractivity contribution < 1.29 is 14.8 Å². The Morgan fingerprint density at radius 2 is 2.19 bits per heavy atom. The van der Waals surface area contributed by atoms with Crippen molar-refractivity contribution in [2.24, 2.45) is 0 Å². The lowest BCUT2D eigenvalue weighted by molar-refractivity contribution is -0.384. The Bertz CT molecular complexity index is 543. The third-order valence-corrected chi connectivity index (χ3v) is 3.63. The first kappa shape index (κ1) is 15.2. The molecule has 0 radical (unpaired) electrons. The van der Waals surface area contributed by atoms with Gasteiger partial charge >= 0.3 is 11.7 Å². The number of rotatable bonds is 5. The van der Waals surface area contributed by atoms with Gasteiger partial charge in [0.05, 0.1) is 4.92 Å². The molecule has 0 amide bonds. The molecule has 21 heavy (non-hydrogen) atoms. The zero-order chi connectivity index (χ0) is 15.4. The Balaban J connectivity index is 2.43. The minimum Gasteiger partial charge on any atom is -0.477 e. The number of aromatic carboxylic acids is 1. The van der Waals surface area contributed by atoms with Crippen LogP contribution in [0.3, 0.4) is 0 Å². The van der Waals surface area contributed by atoms with Crippen molar-refractivity contribution in [3.63, 3.8) is 0 Å². The third kappa shape index (κ3) is 3.27. The van der Waals surface area contributed by atoms with Crippen LogP contribution >= 0.6 is 0 Å². The standard InChI is InChI=1S/C13H18N4O4/c1-2-16(9-5-7-14-8-6-9)12-11(17(20)21)4-3-10(15-12)13(18)19/h3-4,9,14H,2,5-8H2,1H3,(H,18,19).